The molecular formula is C9H8N4O4S. The Morgan fingerprint density at radius 2 is 1.94 bits per heavy atom. The van der Waals surface area contributed by atoms with Crippen molar-refractivity contribution >= 4 is 16.0 Å². The standard InChI is InChI=1S/C9H8N4O4S/c10-9(14)8-7(11-13-12-8)5-3-1-2-4-6(5)18(15,16)17/h1-4H,(H2,10,14)(H,11,12,13)(H,15,16,17). The zero-order chi connectivity index (χ0) is 13.3. The van der Waals surface area contributed by atoms with Gasteiger partial charge in [0.05, 0.1) is 0 Å². The Morgan fingerprint density at radius 1 is 1.28 bits per heavy atom. The highest BCUT2D eigenvalue weighted by atomic mass is 32.2. The van der Waals surface area contributed by atoms with Gasteiger partial charge in [0, 0.05) is 5.56 Å². The number of hydrogen-bond donors (Lipinski definition) is 3. The summed E-state index contributed by atoms with van der Waals surface area (Å²) in [6.45, 7) is 0. The second-order valence-corrected chi connectivity index (χ2v) is 4.75. The van der Waals surface area contributed by atoms with Crippen LogP contribution in [0.1, 0.15) is 10.5 Å². The number of carbonyl (C=O) groups excluding carboxylic acids is 1. The van der Waals surface area contributed by atoms with Crippen molar-refractivity contribution in [2.45, 2.75) is 4.90 Å². The highest BCUT2D eigenvalue weighted by Gasteiger charge is 2.22. The van der Waals surface area contributed by atoms with E-state index < -0.39 is 16.0 Å². The predicted molar refractivity (Wildman–Crippen MR) is 60.2 cm³/mol. The van der Waals surface area contributed by atoms with Crippen molar-refractivity contribution < 1.29 is 17.8 Å². The van der Waals surface area contributed by atoms with Crippen LogP contribution in [-0.4, -0.2) is 34.3 Å². The zero-order valence-corrected chi connectivity index (χ0v) is 9.68. The van der Waals surface area contributed by atoms with Crippen LogP contribution in [0.2, 0.25) is 0 Å². The first-order valence-electron chi connectivity index (χ1n) is 4.68. The van der Waals surface area contributed by atoms with E-state index in [4.69, 9.17) is 10.3 Å². The van der Waals surface area contributed by atoms with Gasteiger partial charge in [-0.1, -0.05) is 18.2 Å². The molecule has 8 nitrogen and oxygen atoms in total. The molecule has 0 fully saturated rings. The Balaban J connectivity index is 2.73. The summed E-state index contributed by atoms with van der Waals surface area (Å²) >= 11 is 0. The fraction of sp³-hybridized carbons (Fsp3) is 0. The number of H-pyrrole nitrogens is 1. The topological polar surface area (TPSA) is 139 Å². The molecule has 0 bridgehead atoms. The number of nitrogens with two attached hydrogens (primary N) is 1. The van der Waals surface area contributed by atoms with Crippen molar-refractivity contribution in [2.24, 2.45) is 5.73 Å². The molecule has 0 radical (unpaired) electrons. The Morgan fingerprint density at radius 3 is 2.56 bits per heavy atom. The molecule has 18 heavy (non-hydrogen) atoms. The van der Waals surface area contributed by atoms with Gasteiger partial charge in [-0.2, -0.15) is 23.8 Å². The molecule has 94 valence electrons. The number of hydrogen-bond acceptors (Lipinski definition) is 5. The lowest BCUT2D eigenvalue weighted by Gasteiger charge is -2.04. The van der Waals surface area contributed by atoms with E-state index in [-0.39, 0.29) is 21.8 Å². The molecule has 0 saturated heterocycles. The number of benzene rings is 1. The van der Waals surface area contributed by atoms with Gasteiger partial charge in [0.2, 0.25) is 0 Å². The van der Waals surface area contributed by atoms with Crippen molar-refractivity contribution in [3.8, 4) is 11.3 Å². The Hall–Kier alpha value is -2.26. The van der Waals surface area contributed by atoms with E-state index >= 15 is 0 Å². The third-order valence-corrected chi connectivity index (χ3v) is 3.11. The van der Waals surface area contributed by atoms with Gasteiger partial charge >= 0.3 is 0 Å². The number of aromatic nitrogens is 3. The van der Waals surface area contributed by atoms with Gasteiger partial charge in [-0.15, -0.1) is 0 Å². The number of primary amides is 1. The largest absolute Gasteiger partial charge is 0.364 e. The van der Waals surface area contributed by atoms with Crippen LogP contribution in [0.25, 0.3) is 11.3 Å². The van der Waals surface area contributed by atoms with Gasteiger partial charge in [0.1, 0.15) is 10.6 Å². The van der Waals surface area contributed by atoms with Gasteiger partial charge in [-0.3, -0.25) is 9.35 Å². The third kappa shape index (κ3) is 2.08. The Kier molecular flexibility index (Phi) is 2.85. The maximum Gasteiger partial charge on any atom is 0.295 e. The monoisotopic (exact) mass is 268 g/mol. The van der Waals surface area contributed by atoms with E-state index in [0.29, 0.717) is 0 Å². The molecule has 4 N–H and O–H groups in total. The number of aromatic amines is 1. The molecule has 1 aromatic carbocycles. The summed E-state index contributed by atoms with van der Waals surface area (Å²) in [4.78, 5) is 10.7. The Bertz CT molecular complexity index is 707. The highest BCUT2D eigenvalue weighted by Crippen LogP contribution is 2.26. The van der Waals surface area contributed by atoms with Crippen LogP contribution in [0.5, 0.6) is 0 Å². The molecule has 0 aliphatic rings. The first kappa shape index (κ1) is 12.2. The fourth-order valence-electron chi connectivity index (χ4n) is 1.48. The first-order valence-corrected chi connectivity index (χ1v) is 6.12. The third-order valence-electron chi connectivity index (χ3n) is 2.20. The molecule has 0 aliphatic carbocycles. The molecule has 1 amide bonds. The Labute approximate surface area is 102 Å². The SMILES string of the molecule is NC(=O)c1n[nH]nc1-c1ccccc1S(=O)(=O)O. The van der Waals surface area contributed by atoms with Gasteiger partial charge < -0.3 is 5.73 Å². The summed E-state index contributed by atoms with van der Waals surface area (Å²) in [7, 11) is -4.44. The van der Waals surface area contributed by atoms with Crippen molar-refractivity contribution in [1.82, 2.24) is 15.4 Å². The lowest BCUT2D eigenvalue weighted by Crippen LogP contribution is -2.13. The second-order valence-electron chi connectivity index (χ2n) is 3.36. The molecule has 1 aromatic heterocycles. The van der Waals surface area contributed by atoms with E-state index in [2.05, 4.69) is 15.4 Å². The molecule has 0 unspecified atom stereocenters. The van der Waals surface area contributed by atoms with Crippen LogP contribution in [0, 0.1) is 0 Å². The second kappa shape index (κ2) is 4.20. The molecular weight excluding hydrogens is 260 g/mol. The van der Waals surface area contributed by atoms with E-state index in [1.54, 1.807) is 0 Å². The van der Waals surface area contributed by atoms with Crippen molar-refractivity contribution in [3.63, 3.8) is 0 Å². The first-order chi connectivity index (χ1) is 8.41. The van der Waals surface area contributed by atoms with Crippen LogP contribution in [0.15, 0.2) is 29.2 Å². The summed E-state index contributed by atoms with van der Waals surface area (Å²) in [5, 5.41) is 9.38. The normalized spacial score (nSPS) is 11.4. The minimum Gasteiger partial charge on any atom is -0.364 e. The van der Waals surface area contributed by atoms with E-state index in [1.807, 2.05) is 0 Å². The average molecular weight is 268 g/mol. The summed E-state index contributed by atoms with van der Waals surface area (Å²) < 4.78 is 31.5. The van der Waals surface area contributed by atoms with Crippen LogP contribution in [-0.2, 0) is 10.1 Å². The fourth-order valence-corrected chi connectivity index (χ4v) is 2.17. The summed E-state index contributed by atoms with van der Waals surface area (Å²) in [6, 6.07) is 5.53. The summed E-state index contributed by atoms with van der Waals surface area (Å²) in [5.74, 6) is -0.858. The summed E-state index contributed by atoms with van der Waals surface area (Å²) in [6.07, 6.45) is 0. The predicted octanol–water partition coefficient (Wildman–Crippen LogP) is -0.183. The van der Waals surface area contributed by atoms with Crippen LogP contribution >= 0.6 is 0 Å². The lowest BCUT2D eigenvalue weighted by atomic mass is 10.1. The average Bonchev–Trinajstić information content (AvgIpc) is 2.76. The summed E-state index contributed by atoms with van der Waals surface area (Å²) in [5.41, 5.74) is 4.89. The van der Waals surface area contributed by atoms with E-state index in [1.165, 1.54) is 24.3 Å². The lowest BCUT2D eigenvalue weighted by molar-refractivity contribution is 0.0996. The minimum atomic E-state index is -4.44. The number of nitrogens with one attached hydrogen (secondary N) is 1. The molecule has 2 aromatic rings. The highest BCUT2D eigenvalue weighted by molar-refractivity contribution is 7.86. The number of amides is 1. The maximum absolute atomic E-state index is 11.2. The smallest absolute Gasteiger partial charge is 0.295 e. The molecule has 0 saturated carbocycles. The zero-order valence-electron chi connectivity index (χ0n) is 8.86. The minimum absolute atomic E-state index is 0.0317. The van der Waals surface area contributed by atoms with Crippen molar-refractivity contribution in [3.05, 3.63) is 30.0 Å². The van der Waals surface area contributed by atoms with Crippen molar-refractivity contribution in [1.29, 1.82) is 0 Å². The molecule has 1 heterocycles. The van der Waals surface area contributed by atoms with Gasteiger partial charge in [0.25, 0.3) is 16.0 Å². The molecule has 0 spiro atoms. The number of rotatable bonds is 3. The van der Waals surface area contributed by atoms with Crippen LogP contribution < -0.4 is 5.73 Å². The number of nitrogens with zero attached hydrogens (tertiary/aromatic N) is 2. The van der Waals surface area contributed by atoms with Gasteiger partial charge in [-0.25, -0.2) is 0 Å². The van der Waals surface area contributed by atoms with E-state index in [9.17, 15) is 13.2 Å². The van der Waals surface area contributed by atoms with Gasteiger partial charge in [0.15, 0.2) is 5.69 Å². The number of carbonyl (C=O) groups is 1. The van der Waals surface area contributed by atoms with Crippen LogP contribution in [0.4, 0.5) is 0 Å². The molecule has 2 rings (SSSR count). The van der Waals surface area contributed by atoms with Crippen LogP contribution in [0.3, 0.4) is 0 Å². The van der Waals surface area contributed by atoms with Gasteiger partial charge in [-0.05, 0) is 6.07 Å². The molecule has 9 heteroatoms. The quantitative estimate of drug-likeness (QED) is 0.659. The maximum atomic E-state index is 11.2. The molecule has 0 atom stereocenters. The van der Waals surface area contributed by atoms with E-state index in [0.717, 1.165) is 0 Å². The molecule has 0 aliphatic heterocycles. The van der Waals surface area contributed by atoms with Crippen molar-refractivity contribution in [2.75, 3.05) is 0 Å².